The maximum Gasteiger partial charge on any atom is 0.351 e. The van der Waals surface area contributed by atoms with E-state index in [0.29, 0.717) is 4.57 Å². The molecule has 0 spiro atoms. The Labute approximate surface area is 244 Å². The van der Waals surface area contributed by atoms with Gasteiger partial charge in [0.25, 0.3) is 0 Å². The molecule has 220 valence electrons. The zero-order valence-electron chi connectivity index (χ0n) is 22.4. The van der Waals surface area contributed by atoms with Crippen LogP contribution in [-0.4, -0.2) is 76.8 Å². The van der Waals surface area contributed by atoms with Crippen molar-refractivity contribution in [2.45, 2.75) is 35.7 Å². The Morgan fingerprint density at radius 3 is 1.93 bits per heavy atom. The number of nitrogens with zero attached hydrogens (tertiary/aromatic N) is 2. The van der Waals surface area contributed by atoms with Crippen molar-refractivity contribution in [2.75, 3.05) is 5.73 Å². The largest absolute Gasteiger partial charge is 0.385 e. The number of rotatable bonds is 9. The molecule has 6 N–H and O–H groups in total. The van der Waals surface area contributed by atoms with Gasteiger partial charge >= 0.3 is 5.69 Å². The van der Waals surface area contributed by atoms with Gasteiger partial charge in [-0.15, -0.1) is 0 Å². The van der Waals surface area contributed by atoms with Crippen LogP contribution in [0.2, 0.25) is 0 Å². The number of anilines is 1. The second-order valence-electron chi connectivity index (χ2n) is 10.1. The van der Waals surface area contributed by atoms with E-state index in [4.69, 9.17) is 10.5 Å². The zero-order valence-corrected chi connectivity index (χ0v) is 22.4. The molecule has 0 bridgehead atoms. The van der Waals surface area contributed by atoms with E-state index in [2.05, 4.69) is 4.98 Å². The average molecular weight is 586 g/mol. The number of ketones is 3. The Balaban J connectivity index is 1.74. The summed E-state index contributed by atoms with van der Waals surface area (Å²) in [6, 6.07) is 22.6. The van der Waals surface area contributed by atoms with Gasteiger partial charge in [-0.1, -0.05) is 91.0 Å². The van der Waals surface area contributed by atoms with Crippen LogP contribution in [0.3, 0.4) is 0 Å². The fraction of sp³-hybridized carbons (Fsp3) is 0.194. The Bertz CT molecular complexity index is 1710. The molecular weight excluding hydrogens is 558 g/mol. The molecule has 0 saturated carbocycles. The number of hydrogen-bond donors (Lipinski definition) is 5. The first-order valence-electron chi connectivity index (χ1n) is 13.1. The lowest BCUT2D eigenvalue weighted by atomic mass is 9.70. The van der Waals surface area contributed by atoms with Gasteiger partial charge in [-0.2, -0.15) is 4.98 Å². The molecule has 5 rings (SSSR count). The summed E-state index contributed by atoms with van der Waals surface area (Å²) in [5.74, 6) is -3.84. The van der Waals surface area contributed by atoms with Crippen molar-refractivity contribution < 1.29 is 39.5 Å². The van der Waals surface area contributed by atoms with E-state index >= 15 is 0 Å². The van der Waals surface area contributed by atoms with Crippen LogP contribution in [0.25, 0.3) is 0 Å². The molecule has 3 aromatic carbocycles. The predicted molar refractivity (Wildman–Crippen MR) is 151 cm³/mol. The van der Waals surface area contributed by atoms with Crippen LogP contribution >= 0.6 is 0 Å². The van der Waals surface area contributed by atoms with E-state index in [0.717, 1.165) is 6.20 Å². The first kappa shape index (κ1) is 29.6. The van der Waals surface area contributed by atoms with Gasteiger partial charge in [0.1, 0.15) is 18.0 Å². The molecule has 1 fully saturated rings. The van der Waals surface area contributed by atoms with E-state index < -0.39 is 58.8 Å². The van der Waals surface area contributed by atoms with Crippen LogP contribution in [0.5, 0.6) is 0 Å². The fourth-order valence-corrected chi connectivity index (χ4v) is 5.21. The number of ether oxygens (including phenoxy) is 1. The van der Waals surface area contributed by atoms with Crippen LogP contribution in [0.1, 0.15) is 37.3 Å². The molecule has 1 aliphatic heterocycles. The van der Waals surface area contributed by atoms with Gasteiger partial charge in [-0.25, -0.2) is 4.79 Å². The van der Waals surface area contributed by atoms with Gasteiger partial charge < -0.3 is 30.9 Å². The second kappa shape index (κ2) is 11.4. The van der Waals surface area contributed by atoms with Gasteiger partial charge in [0.05, 0.1) is 0 Å². The molecule has 43 heavy (non-hydrogen) atoms. The van der Waals surface area contributed by atoms with Crippen molar-refractivity contribution in [1.82, 2.24) is 9.55 Å². The summed E-state index contributed by atoms with van der Waals surface area (Å²) in [5, 5.41) is 47.4. The molecule has 2 heterocycles. The number of benzene rings is 3. The highest BCUT2D eigenvalue weighted by Crippen LogP contribution is 2.46. The SMILES string of the molecule is Nc1ccn(C2O[C@H]([C@@](O)(C(=O)c3ccccc3)C(O)C(=O)c3ccccc3)[C@](O)(C(=O)c3ccccc3)[C@H]2O)c(=O)n1. The van der Waals surface area contributed by atoms with E-state index in [1.54, 1.807) is 18.2 Å². The van der Waals surface area contributed by atoms with Gasteiger partial charge in [-0.3, -0.25) is 19.0 Å². The van der Waals surface area contributed by atoms with Crippen LogP contribution in [0, 0.1) is 0 Å². The van der Waals surface area contributed by atoms with E-state index in [-0.39, 0.29) is 22.5 Å². The van der Waals surface area contributed by atoms with Crippen molar-refractivity contribution >= 4 is 23.2 Å². The number of Topliss-reactive ketones (excluding diaryl/α,β-unsaturated/α-hetero) is 3. The number of carbonyl (C=O) groups is 3. The Morgan fingerprint density at radius 1 is 0.884 bits per heavy atom. The number of aliphatic hydroxyl groups is 4. The maximum absolute atomic E-state index is 14.1. The van der Waals surface area contributed by atoms with E-state index in [1.165, 1.54) is 78.9 Å². The molecule has 1 aromatic heterocycles. The summed E-state index contributed by atoms with van der Waals surface area (Å²) < 4.78 is 6.53. The third kappa shape index (κ3) is 4.96. The highest BCUT2D eigenvalue weighted by Gasteiger charge is 2.71. The van der Waals surface area contributed by atoms with Gasteiger partial charge in [0.2, 0.25) is 0 Å². The molecule has 0 aliphatic carbocycles. The van der Waals surface area contributed by atoms with E-state index in [9.17, 15) is 39.6 Å². The Hall–Kier alpha value is -4.85. The fourth-order valence-electron chi connectivity index (χ4n) is 5.21. The van der Waals surface area contributed by atoms with Gasteiger partial charge in [0.15, 0.2) is 40.9 Å². The minimum atomic E-state index is -3.39. The number of nitrogens with two attached hydrogens (primary N) is 1. The summed E-state index contributed by atoms with van der Waals surface area (Å²) in [4.78, 5) is 57.9. The predicted octanol–water partition coefficient (Wildman–Crippen LogP) is 0.556. The molecule has 1 aliphatic rings. The van der Waals surface area contributed by atoms with Crippen LogP contribution in [-0.2, 0) is 4.74 Å². The lowest BCUT2D eigenvalue weighted by molar-refractivity contribution is -0.164. The summed E-state index contributed by atoms with van der Waals surface area (Å²) in [7, 11) is 0. The minimum Gasteiger partial charge on any atom is -0.385 e. The number of hydrogen-bond acceptors (Lipinski definition) is 11. The quantitative estimate of drug-likeness (QED) is 0.172. The molecule has 1 saturated heterocycles. The van der Waals surface area contributed by atoms with Crippen molar-refractivity contribution in [2.24, 2.45) is 0 Å². The third-order valence-electron chi connectivity index (χ3n) is 7.44. The highest BCUT2D eigenvalue weighted by molar-refractivity contribution is 6.12. The topological polar surface area (TPSA) is 202 Å². The molecule has 12 nitrogen and oxygen atoms in total. The van der Waals surface area contributed by atoms with Crippen molar-refractivity contribution in [1.29, 1.82) is 0 Å². The highest BCUT2D eigenvalue weighted by atomic mass is 16.6. The molecular formula is C31H27N3O9. The lowest BCUT2D eigenvalue weighted by Crippen LogP contribution is -2.70. The molecule has 12 heteroatoms. The number of carbonyl (C=O) groups excluding carboxylic acids is 3. The summed E-state index contributed by atoms with van der Waals surface area (Å²) in [6.45, 7) is 0. The molecule has 2 unspecified atom stereocenters. The lowest BCUT2D eigenvalue weighted by Gasteiger charge is -2.41. The monoisotopic (exact) mass is 585 g/mol. The standard InChI is InChI=1S/C31H27N3O9/c32-21-16-17-34(29(40)33-21)27-26(39)31(42,24(37)20-14-8-3-9-15-20)28(43-27)30(41,23(36)19-12-6-2-7-13-19)25(38)22(35)18-10-4-1-5-11-18/h1-17,25-28,38-39,41-42H,(H2,32,33,40)/t25?,26-,27?,28+,30+,31-/m0/s1. The van der Waals surface area contributed by atoms with Crippen LogP contribution in [0.15, 0.2) is 108 Å². The van der Waals surface area contributed by atoms with Crippen molar-refractivity contribution in [3.8, 4) is 0 Å². The summed E-state index contributed by atoms with van der Waals surface area (Å²) >= 11 is 0. The third-order valence-corrected chi connectivity index (χ3v) is 7.44. The van der Waals surface area contributed by atoms with E-state index in [1.807, 2.05) is 0 Å². The smallest absolute Gasteiger partial charge is 0.351 e. The van der Waals surface area contributed by atoms with Gasteiger partial charge in [-0.05, 0) is 6.07 Å². The number of nitrogen functional groups attached to an aromatic ring is 1. The first-order valence-corrected chi connectivity index (χ1v) is 13.1. The Morgan fingerprint density at radius 2 is 1.40 bits per heavy atom. The number of aromatic nitrogens is 2. The maximum atomic E-state index is 14.1. The zero-order chi connectivity index (χ0) is 30.9. The molecule has 0 amide bonds. The molecule has 0 radical (unpaired) electrons. The molecule has 4 aromatic rings. The van der Waals surface area contributed by atoms with Crippen LogP contribution < -0.4 is 11.4 Å². The van der Waals surface area contributed by atoms with Crippen LogP contribution in [0.4, 0.5) is 5.82 Å². The molecule has 6 atom stereocenters. The minimum absolute atomic E-state index is 0.110. The summed E-state index contributed by atoms with van der Waals surface area (Å²) in [6.07, 6.45) is -8.33. The Kier molecular flexibility index (Phi) is 7.88. The number of aliphatic hydroxyl groups excluding tert-OH is 2. The first-order chi connectivity index (χ1) is 20.5. The second-order valence-corrected chi connectivity index (χ2v) is 10.1. The van der Waals surface area contributed by atoms with Crippen molar-refractivity contribution in [3.63, 3.8) is 0 Å². The normalized spacial score (nSPS) is 23.7. The van der Waals surface area contributed by atoms with Gasteiger partial charge in [0, 0.05) is 22.9 Å². The summed E-state index contributed by atoms with van der Waals surface area (Å²) in [5.41, 5.74) is -2.57. The average Bonchev–Trinajstić information content (AvgIpc) is 3.31. The van der Waals surface area contributed by atoms with Crippen molar-refractivity contribution in [3.05, 3.63) is 130 Å².